The lowest BCUT2D eigenvalue weighted by molar-refractivity contribution is -0.149. The van der Waals surface area contributed by atoms with Crippen LogP contribution >= 0.6 is 0 Å². The van der Waals surface area contributed by atoms with Gasteiger partial charge < -0.3 is 9.84 Å². The summed E-state index contributed by atoms with van der Waals surface area (Å²) in [6, 6.07) is 0. The maximum absolute atomic E-state index is 11.4. The first-order valence-corrected chi connectivity index (χ1v) is 5.45. The quantitative estimate of drug-likeness (QED) is 0.647. The molecule has 3 heteroatoms. The zero-order valence-electron chi connectivity index (χ0n) is 8.61. The molecule has 0 aliphatic heterocycles. The summed E-state index contributed by atoms with van der Waals surface area (Å²) in [5, 5.41) is 9.58. The molecule has 2 bridgehead atoms. The van der Waals surface area contributed by atoms with Gasteiger partial charge in [0, 0.05) is 0 Å². The van der Waals surface area contributed by atoms with E-state index in [1.54, 1.807) is 0 Å². The molecule has 2 fully saturated rings. The summed E-state index contributed by atoms with van der Waals surface area (Å²) in [5.74, 6) is 1.12. The van der Waals surface area contributed by atoms with E-state index in [1.807, 2.05) is 0 Å². The lowest BCUT2D eigenvalue weighted by Gasteiger charge is -2.39. The average Bonchev–Trinajstić information content (AvgIpc) is 2.14. The van der Waals surface area contributed by atoms with E-state index in [0.29, 0.717) is 11.8 Å². The van der Waals surface area contributed by atoms with Crippen molar-refractivity contribution in [1.29, 1.82) is 0 Å². The zero-order chi connectivity index (χ0) is 10.1. The Morgan fingerprint density at radius 3 is 2.21 bits per heavy atom. The number of aliphatic hydroxyl groups excluding tert-OH is 1. The molecule has 0 aromatic carbocycles. The Morgan fingerprint density at radius 1 is 1.14 bits per heavy atom. The van der Waals surface area contributed by atoms with Crippen LogP contribution in [-0.2, 0) is 9.53 Å². The average molecular weight is 198 g/mol. The van der Waals surface area contributed by atoms with Crippen molar-refractivity contribution in [3.8, 4) is 0 Å². The van der Waals surface area contributed by atoms with Gasteiger partial charge in [-0.05, 0) is 43.9 Å². The first-order valence-electron chi connectivity index (χ1n) is 5.45. The topological polar surface area (TPSA) is 46.5 Å². The van der Waals surface area contributed by atoms with E-state index in [-0.39, 0.29) is 18.0 Å². The van der Waals surface area contributed by atoms with Gasteiger partial charge in [0.25, 0.3) is 0 Å². The Hall–Kier alpha value is -0.570. The highest BCUT2D eigenvalue weighted by Gasteiger charge is 2.38. The Balaban J connectivity index is 1.98. The monoisotopic (exact) mass is 198 g/mol. The third-order valence-electron chi connectivity index (χ3n) is 3.65. The normalized spacial score (nSPS) is 41.9. The minimum Gasteiger partial charge on any atom is -0.469 e. The van der Waals surface area contributed by atoms with Crippen LogP contribution in [-0.4, -0.2) is 24.3 Å². The minimum absolute atomic E-state index is 0.0592. The van der Waals surface area contributed by atoms with Crippen LogP contribution < -0.4 is 0 Å². The van der Waals surface area contributed by atoms with Crippen molar-refractivity contribution in [3.05, 3.63) is 0 Å². The smallest absolute Gasteiger partial charge is 0.308 e. The fourth-order valence-corrected chi connectivity index (χ4v) is 3.17. The number of fused-ring (bicyclic) bond motifs is 2. The second-order valence-corrected chi connectivity index (χ2v) is 4.78. The van der Waals surface area contributed by atoms with Crippen molar-refractivity contribution < 1.29 is 14.6 Å². The van der Waals surface area contributed by atoms with E-state index in [4.69, 9.17) is 4.74 Å². The molecule has 2 rings (SSSR count). The third kappa shape index (κ3) is 1.92. The fourth-order valence-electron chi connectivity index (χ4n) is 3.17. The lowest BCUT2D eigenvalue weighted by atomic mass is 9.67. The summed E-state index contributed by atoms with van der Waals surface area (Å²) >= 11 is 0. The van der Waals surface area contributed by atoms with Crippen LogP contribution in [0.5, 0.6) is 0 Å². The van der Waals surface area contributed by atoms with E-state index in [0.717, 1.165) is 25.7 Å². The van der Waals surface area contributed by atoms with Gasteiger partial charge in [0.15, 0.2) is 0 Å². The van der Waals surface area contributed by atoms with Crippen LogP contribution in [0.1, 0.15) is 32.1 Å². The highest BCUT2D eigenvalue weighted by molar-refractivity contribution is 5.72. The van der Waals surface area contributed by atoms with Crippen LogP contribution in [0.4, 0.5) is 0 Å². The van der Waals surface area contributed by atoms with Crippen molar-refractivity contribution in [2.45, 2.75) is 38.2 Å². The number of hydrogen-bond donors (Lipinski definition) is 1. The van der Waals surface area contributed by atoms with Gasteiger partial charge in [-0.25, -0.2) is 0 Å². The number of carbonyl (C=O) groups is 1. The van der Waals surface area contributed by atoms with Crippen molar-refractivity contribution in [3.63, 3.8) is 0 Å². The summed E-state index contributed by atoms with van der Waals surface area (Å²) < 4.78 is 4.78. The van der Waals surface area contributed by atoms with Crippen LogP contribution in [0.3, 0.4) is 0 Å². The maximum atomic E-state index is 11.4. The van der Waals surface area contributed by atoms with E-state index in [1.165, 1.54) is 13.5 Å². The van der Waals surface area contributed by atoms with Gasteiger partial charge in [-0.2, -0.15) is 0 Å². The van der Waals surface area contributed by atoms with Gasteiger partial charge in [-0.1, -0.05) is 0 Å². The highest BCUT2D eigenvalue weighted by Crippen LogP contribution is 2.42. The zero-order valence-corrected chi connectivity index (χ0v) is 8.61. The van der Waals surface area contributed by atoms with Crippen LogP contribution in [0.2, 0.25) is 0 Å². The van der Waals surface area contributed by atoms with E-state index in [9.17, 15) is 9.90 Å². The Bertz CT molecular complexity index is 209. The Labute approximate surface area is 84.4 Å². The molecule has 0 heterocycles. The second-order valence-electron chi connectivity index (χ2n) is 4.78. The van der Waals surface area contributed by atoms with E-state index in [2.05, 4.69) is 0 Å². The van der Waals surface area contributed by atoms with Gasteiger partial charge in [-0.15, -0.1) is 0 Å². The molecule has 0 spiro atoms. The van der Waals surface area contributed by atoms with Crippen LogP contribution in [0.15, 0.2) is 0 Å². The first kappa shape index (κ1) is 9.97. The first-order chi connectivity index (χ1) is 6.69. The largest absolute Gasteiger partial charge is 0.469 e. The molecule has 0 aromatic heterocycles. The predicted molar refractivity (Wildman–Crippen MR) is 51.6 cm³/mol. The number of aliphatic hydroxyl groups is 1. The van der Waals surface area contributed by atoms with Crippen molar-refractivity contribution >= 4 is 5.97 Å². The van der Waals surface area contributed by atoms with Gasteiger partial charge >= 0.3 is 5.97 Å². The number of esters is 1. The lowest BCUT2D eigenvalue weighted by Crippen LogP contribution is -2.36. The molecule has 80 valence electrons. The molecule has 2 aliphatic carbocycles. The summed E-state index contributed by atoms with van der Waals surface area (Å²) in [5.41, 5.74) is 0. The molecule has 0 radical (unpaired) electrons. The summed E-state index contributed by atoms with van der Waals surface area (Å²) in [4.78, 5) is 11.4. The summed E-state index contributed by atoms with van der Waals surface area (Å²) in [6.07, 6.45) is 4.66. The Morgan fingerprint density at radius 2 is 1.71 bits per heavy atom. The standard InChI is InChI=1S/C11H18O3/c1-14-11(13)9-3-7-2-8(4-9)6-10(12)5-7/h7-10,12H,2-6H2,1H3/t7-,8+,9+,10+. The van der Waals surface area contributed by atoms with Crippen molar-refractivity contribution in [2.75, 3.05) is 7.11 Å². The molecule has 0 amide bonds. The molecule has 0 aromatic rings. The SMILES string of the molecule is COC(=O)[C@H]1C[C@@H]2C[C@H](O)C[C@@H](C2)C1. The van der Waals surface area contributed by atoms with Gasteiger partial charge in [0.2, 0.25) is 0 Å². The minimum atomic E-state index is -0.127. The fraction of sp³-hybridized carbons (Fsp3) is 0.909. The maximum Gasteiger partial charge on any atom is 0.308 e. The summed E-state index contributed by atoms with van der Waals surface area (Å²) in [6.45, 7) is 0. The Kier molecular flexibility index (Phi) is 2.77. The third-order valence-corrected chi connectivity index (χ3v) is 3.65. The van der Waals surface area contributed by atoms with E-state index >= 15 is 0 Å². The molecule has 2 aliphatic rings. The summed E-state index contributed by atoms with van der Waals surface area (Å²) in [7, 11) is 1.46. The van der Waals surface area contributed by atoms with Crippen molar-refractivity contribution in [1.82, 2.24) is 0 Å². The van der Waals surface area contributed by atoms with E-state index < -0.39 is 0 Å². The highest BCUT2D eigenvalue weighted by atomic mass is 16.5. The number of carbonyl (C=O) groups excluding carboxylic acids is 1. The molecule has 3 nitrogen and oxygen atoms in total. The molecule has 4 atom stereocenters. The molecular weight excluding hydrogens is 180 g/mol. The molecule has 0 saturated heterocycles. The predicted octanol–water partition coefficient (Wildman–Crippen LogP) is 1.35. The van der Waals surface area contributed by atoms with Gasteiger partial charge in [-0.3, -0.25) is 4.79 Å². The van der Waals surface area contributed by atoms with Gasteiger partial charge in [0.05, 0.1) is 19.1 Å². The molecule has 0 unspecified atom stereocenters. The number of methoxy groups -OCH3 is 1. The number of hydrogen-bond acceptors (Lipinski definition) is 3. The van der Waals surface area contributed by atoms with Crippen LogP contribution in [0, 0.1) is 17.8 Å². The van der Waals surface area contributed by atoms with Crippen molar-refractivity contribution in [2.24, 2.45) is 17.8 Å². The van der Waals surface area contributed by atoms with Gasteiger partial charge in [0.1, 0.15) is 0 Å². The molecular formula is C11H18O3. The number of rotatable bonds is 1. The second kappa shape index (κ2) is 3.89. The molecule has 1 N–H and O–H groups in total. The molecule has 2 saturated carbocycles. The number of ether oxygens (including phenoxy) is 1. The molecule has 14 heavy (non-hydrogen) atoms. The van der Waals surface area contributed by atoms with Crippen LogP contribution in [0.25, 0.3) is 0 Å².